The van der Waals surface area contributed by atoms with E-state index in [9.17, 15) is 4.79 Å². The molecule has 0 aliphatic carbocycles. The molecule has 0 spiro atoms. The van der Waals surface area contributed by atoms with Crippen LogP contribution in [0.25, 0.3) is 0 Å². The van der Waals surface area contributed by atoms with E-state index in [1.807, 2.05) is 36.4 Å². The lowest BCUT2D eigenvalue weighted by Gasteiger charge is -2.10. The lowest BCUT2D eigenvalue weighted by atomic mass is 10.2. The number of ether oxygens (including phenoxy) is 2. The zero-order valence-corrected chi connectivity index (χ0v) is 15.2. The molecule has 4 nitrogen and oxygen atoms in total. The van der Waals surface area contributed by atoms with Gasteiger partial charge in [0.2, 0.25) is 5.91 Å². The normalized spacial score (nSPS) is 10.3. The largest absolute Gasteiger partial charge is 0.497 e. The molecule has 0 aliphatic rings. The molecule has 0 aromatic heterocycles. The van der Waals surface area contributed by atoms with Crippen molar-refractivity contribution in [3.8, 4) is 11.5 Å². The van der Waals surface area contributed by atoms with E-state index in [4.69, 9.17) is 21.1 Å². The van der Waals surface area contributed by atoms with Gasteiger partial charge in [-0.15, -0.1) is 11.8 Å². The van der Waals surface area contributed by atoms with Crippen LogP contribution < -0.4 is 14.8 Å². The number of methoxy groups -OCH3 is 2. The first-order valence-corrected chi connectivity index (χ1v) is 8.84. The molecule has 1 N–H and O–H groups in total. The van der Waals surface area contributed by atoms with Crippen molar-refractivity contribution in [1.29, 1.82) is 0 Å². The van der Waals surface area contributed by atoms with Crippen molar-refractivity contribution >= 4 is 29.3 Å². The number of carbonyl (C=O) groups is 1. The molecule has 128 valence electrons. The van der Waals surface area contributed by atoms with Crippen molar-refractivity contribution in [2.24, 2.45) is 0 Å². The minimum atomic E-state index is -0.00339. The van der Waals surface area contributed by atoms with E-state index in [0.29, 0.717) is 35.2 Å². The highest BCUT2D eigenvalue weighted by atomic mass is 35.5. The summed E-state index contributed by atoms with van der Waals surface area (Å²) in [7, 11) is 3.20. The van der Waals surface area contributed by atoms with Crippen molar-refractivity contribution in [3.63, 3.8) is 0 Å². The zero-order valence-electron chi connectivity index (χ0n) is 13.7. The standard InChI is InChI=1S/C18H20ClNO3S/c1-22-14-9-13(10-15(11-14)23-2)12-20-18(21)7-8-24-17-6-4-3-5-16(17)19/h3-6,9-11H,7-8,12H2,1-2H3,(H,20,21). The van der Waals surface area contributed by atoms with Gasteiger partial charge in [0.25, 0.3) is 0 Å². The molecule has 0 atom stereocenters. The Morgan fingerprint density at radius 2 is 1.79 bits per heavy atom. The van der Waals surface area contributed by atoms with Gasteiger partial charge < -0.3 is 14.8 Å². The van der Waals surface area contributed by atoms with E-state index in [1.165, 1.54) is 0 Å². The molecule has 2 aromatic carbocycles. The minimum Gasteiger partial charge on any atom is -0.497 e. The van der Waals surface area contributed by atoms with E-state index in [2.05, 4.69) is 5.32 Å². The fourth-order valence-corrected chi connectivity index (χ4v) is 3.26. The smallest absolute Gasteiger partial charge is 0.221 e. The van der Waals surface area contributed by atoms with Crippen LogP contribution in [0.2, 0.25) is 5.02 Å². The lowest BCUT2D eigenvalue weighted by molar-refractivity contribution is -0.120. The zero-order chi connectivity index (χ0) is 17.4. The molecule has 0 saturated carbocycles. The Hall–Kier alpha value is -1.85. The lowest BCUT2D eigenvalue weighted by Crippen LogP contribution is -2.23. The van der Waals surface area contributed by atoms with Crippen LogP contribution in [0.3, 0.4) is 0 Å². The molecule has 1 amide bonds. The highest BCUT2D eigenvalue weighted by Gasteiger charge is 2.06. The summed E-state index contributed by atoms with van der Waals surface area (Å²) < 4.78 is 10.4. The first-order valence-electron chi connectivity index (χ1n) is 7.48. The van der Waals surface area contributed by atoms with Crippen LogP contribution in [0, 0.1) is 0 Å². The molecular formula is C18H20ClNO3S. The maximum Gasteiger partial charge on any atom is 0.221 e. The Morgan fingerprint density at radius 3 is 2.42 bits per heavy atom. The van der Waals surface area contributed by atoms with Crippen LogP contribution in [0.5, 0.6) is 11.5 Å². The third kappa shape index (κ3) is 5.65. The number of halogens is 1. The second-order valence-corrected chi connectivity index (χ2v) is 6.57. The van der Waals surface area contributed by atoms with Crippen LogP contribution in [0.15, 0.2) is 47.4 Å². The Bertz CT molecular complexity index is 671. The Morgan fingerprint density at radius 1 is 1.12 bits per heavy atom. The summed E-state index contributed by atoms with van der Waals surface area (Å²) in [5.41, 5.74) is 0.929. The monoisotopic (exact) mass is 365 g/mol. The number of rotatable bonds is 8. The highest BCUT2D eigenvalue weighted by Crippen LogP contribution is 2.27. The average Bonchev–Trinajstić information content (AvgIpc) is 2.61. The topological polar surface area (TPSA) is 47.6 Å². The van der Waals surface area contributed by atoms with Crippen molar-refractivity contribution < 1.29 is 14.3 Å². The van der Waals surface area contributed by atoms with Gasteiger partial charge in [0.1, 0.15) is 11.5 Å². The summed E-state index contributed by atoms with van der Waals surface area (Å²) >= 11 is 7.67. The second-order valence-electron chi connectivity index (χ2n) is 5.03. The molecule has 0 aliphatic heterocycles. The van der Waals surface area contributed by atoms with Gasteiger partial charge in [-0.1, -0.05) is 23.7 Å². The summed E-state index contributed by atoms with van der Waals surface area (Å²) in [6.07, 6.45) is 0.428. The number of benzene rings is 2. The van der Waals surface area contributed by atoms with Crippen molar-refractivity contribution in [3.05, 3.63) is 53.1 Å². The maximum absolute atomic E-state index is 12.0. The molecule has 0 saturated heterocycles. The molecule has 6 heteroatoms. The quantitative estimate of drug-likeness (QED) is 0.714. The number of nitrogens with one attached hydrogen (secondary N) is 1. The van der Waals surface area contributed by atoms with Crippen molar-refractivity contribution in [1.82, 2.24) is 5.32 Å². The van der Waals surface area contributed by atoms with E-state index in [1.54, 1.807) is 32.0 Å². The molecule has 0 heterocycles. The third-order valence-corrected chi connectivity index (χ3v) is 4.84. The summed E-state index contributed by atoms with van der Waals surface area (Å²) in [6, 6.07) is 13.2. The number of hydrogen-bond donors (Lipinski definition) is 1. The van der Waals surface area contributed by atoms with Crippen LogP contribution in [0.1, 0.15) is 12.0 Å². The van der Waals surface area contributed by atoms with Crippen LogP contribution >= 0.6 is 23.4 Å². The molecule has 2 rings (SSSR count). The Kier molecular flexibility index (Phi) is 7.28. The summed E-state index contributed by atoms with van der Waals surface area (Å²) in [5.74, 6) is 2.08. The van der Waals surface area contributed by atoms with Gasteiger partial charge in [-0.25, -0.2) is 0 Å². The van der Waals surface area contributed by atoms with E-state index in [0.717, 1.165) is 10.5 Å². The van der Waals surface area contributed by atoms with Crippen LogP contribution in [-0.4, -0.2) is 25.9 Å². The SMILES string of the molecule is COc1cc(CNC(=O)CCSc2ccccc2Cl)cc(OC)c1. The predicted octanol–water partition coefficient (Wildman–Crippen LogP) is 4.16. The fourth-order valence-electron chi connectivity index (χ4n) is 2.07. The summed E-state index contributed by atoms with van der Waals surface area (Å²) in [4.78, 5) is 13.0. The average molecular weight is 366 g/mol. The molecule has 0 fully saturated rings. The highest BCUT2D eigenvalue weighted by molar-refractivity contribution is 7.99. The summed E-state index contributed by atoms with van der Waals surface area (Å²) in [6.45, 7) is 0.434. The van der Waals surface area contributed by atoms with Gasteiger partial charge in [-0.3, -0.25) is 4.79 Å². The first kappa shape index (κ1) is 18.5. The Labute approximate surface area is 151 Å². The van der Waals surface area contributed by atoms with Crippen molar-refractivity contribution in [2.45, 2.75) is 17.9 Å². The van der Waals surface area contributed by atoms with Gasteiger partial charge in [0, 0.05) is 29.7 Å². The maximum atomic E-state index is 12.0. The number of thioether (sulfide) groups is 1. The van der Waals surface area contributed by atoms with Gasteiger partial charge in [0.15, 0.2) is 0 Å². The molecule has 0 radical (unpaired) electrons. The summed E-state index contributed by atoms with van der Waals surface area (Å²) in [5, 5.41) is 3.62. The van der Waals surface area contributed by atoms with Crippen LogP contribution in [0.4, 0.5) is 0 Å². The van der Waals surface area contributed by atoms with E-state index < -0.39 is 0 Å². The van der Waals surface area contributed by atoms with Crippen LogP contribution in [-0.2, 0) is 11.3 Å². The number of carbonyl (C=O) groups excluding carboxylic acids is 1. The number of hydrogen-bond acceptors (Lipinski definition) is 4. The van der Waals surface area contributed by atoms with Gasteiger partial charge in [0.05, 0.1) is 19.2 Å². The molecular weight excluding hydrogens is 346 g/mol. The van der Waals surface area contributed by atoms with Crippen molar-refractivity contribution in [2.75, 3.05) is 20.0 Å². The van der Waals surface area contributed by atoms with E-state index >= 15 is 0 Å². The predicted molar refractivity (Wildman–Crippen MR) is 98.2 cm³/mol. The fraction of sp³-hybridized carbons (Fsp3) is 0.278. The number of amides is 1. The van der Waals surface area contributed by atoms with Gasteiger partial charge in [-0.05, 0) is 29.8 Å². The molecule has 0 unspecified atom stereocenters. The minimum absolute atomic E-state index is 0.00339. The molecule has 0 bridgehead atoms. The second kappa shape index (κ2) is 9.45. The Balaban J connectivity index is 1.80. The molecule has 24 heavy (non-hydrogen) atoms. The van der Waals surface area contributed by atoms with Gasteiger partial charge >= 0.3 is 0 Å². The first-order chi connectivity index (χ1) is 11.6. The molecule has 2 aromatic rings. The third-order valence-electron chi connectivity index (χ3n) is 3.32. The van der Waals surface area contributed by atoms with Gasteiger partial charge in [-0.2, -0.15) is 0 Å². The van der Waals surface area contributed by atoms with E-state index in [-0.39, 0.29) is 5.91 Å².